The lowest BCUT2D eigenvalue weighted by molar-refractivity contribution is -0.244. The Balaban J connectivity index is 0.00000320. The van der Waals surface area contributed by atoms with Gasteiger partial charge >= 0.3 is 12.3 Å². The van der Waals surface area contributed by atoms with Crippen molar-refractivity contribution in [1.82, 2.24) is 30.2 Å². The van der Waals surface area contributed by atoms with Crippen LogP contribution in [0.2, 0.25) is 0 Å². The van der Waals surface area contributed by atoms with E-state index in [4.69, 9.17) is 9.47 Å². The molecule has 2 saturated carbocycles. The number of allylic oxidation sites excluding steroid dienone is 1. The first-order chi connectivity index (χ1) is 26.5. The number of halogens is 3. The van der Waals surface area contributed by atoms with Crippen LogP contribution in [-0.2, 0) is 29.1 Å². The Morgan fingerprint density at radius 2 is 1.88 bits per heavy atom. The number of hydrogen-bond acceptors (Lipinski definition) is 11. The van der Waals surface area contributed by atoms with Gasteiger partial charge in [-0.25, -0.2) is 18.2 Å². The molecule has 3 N–H and O–H groups in total. The molecule has 2 aromatic heterocycles. The molecule has 14 nitrogen and oxygen atoms in total. The van der Waals surface area contributed by atoms with E-state index in [0.717, 1.165) is 5.69 Å². The van der Waals surface area contributed by atoms with Crippen LogP contribution in [0.5, 0.6) is 5.75 Å². The summed E-state index contributed by atoms with van der Waals surface area (Å²) in [6, 6.07) is 0.563. The number of carbonyl (C=O) groups is 4. The van der Waals surface area contributed by atoms with Gasteiger partial charge < -0.3 is 25.0 Å². The summed E-state index contributed by atoms with van der Waals surface area (Å²) in [5.74, 6) is -3.24. The maximum Gasteiger partial charge on any atom is 0.427 e. The second-order valence-electron chi connectivity index (χ2n) is 16.7. The maximum absolute atomic E-state index is 14.7. The molecule has 0 radical (unpaired) electrons. The third-order valence-corrected chi connectivity index (χ3v) is 14.6. The van der Waals surface area contributed by atoms with Crippen molar-refractivity contribution in [2.24, 2.45) is 17.8 Å². The summed E-state index contributed by atoms with van der Waals surface area (Å²) in [6.07, 6.45) is 0.349. The van der Waals surface area contributed by atoms with Crippen LogP contribution in [0.1, 0.15) is 89.5 Å². The Hall–Kier alpha value is -4.26. The molecular weight excluding hydrogens is 790 g/mol. The van der Waals surface area contributed by atoms with E-state index in [2.05, 4.69) is 25.3 Å². The molecule has 57 heavy (non-hydrogen) atoms. The van der Waals surface area contributed by atoms with Crippen LogP contribution >= 0.6 is 11.3 Å². The van der Waals surface area contributed by atoms with Crippen molar-refractivity contribution in [2.75, 3.05) is 6.54 Å². The quantitative estimate of drug-likeness (QED) is 0.270. The topological polar surface area (TPSA) is 186 Å². The average Bonchev–Trinajstić information content (AvgIpc) is 3.92. The van der Waals surface area contributed by atoms with Crippen molar-refractivity contribution < 1.29 is 54.5 Å². The van der Waals surface area contributed by atoms with Crippen molar-refractivity contribution >= 4 is 45.2 Å². The fourth-order valence-corrected chi connectivity index (χ4v) is 9.38. The molecule has 318 valence electrons. The molecule has 0 aromatic carbocycles. The lowest BCUT2D eigenvalue weighted by Crippen LogP contribution is -2.59. The van der Waals surface area contributed by atoms with E-state index in [1.807, 2.05) is 25.3 Å². The molecule has 19 heteroatoms. The van der Waals surface area contributed by atoms with E-state index < -0.39 is 85.9 Å². The SMILES string of the molecule is Cc1csc(-c2cc(O[C@@H]3C[C@H]4C(=O)N[C@]5(C(=O)NS(=O)(=O)C6(C)CC6)C[C@H]5/C=C\CC[C@@H](C)C[C@@H](C)[C@H](NC(=O)OC(C)(C)C(F)(F)F)C(=O)N4C3)ccn2)n1.[HH].[HH].[HH]. The lowest BCUT2D eigenvalue weighted by atomic mass is 9.88. The minimum Gasteiger partial charge on any atom is -0.488 e. The van der Waals surface area contributed by atoms with E-state index in [9.17, 15) is 40.8 Å². The number of aromatic nitrogens is 2. The summed E-state index contributed by atoms with van der Waals surface area (Å²) < 4.78 is 79.7. The highest BCUT2D eigenvalue weighted by atomic mass is 32.2. The van der Waals surface area contributed by atoms with Crippen molar-refractivity contribution in [2.45, 2.75) is 127 Å². The summed E-state index contributed by atoms with van der Waals surface area (Å²) in [7, 11) is -4.07. The fourth-order valence-electron chi connectivity index (χ4n) is 7.31. The van der Waals surface area contributed by atoms with Crippen LogP contribution in [0.3, 0.4) is 0 Å². The molecule has 2 aromatic rings. The molecule has 0 bridgehead atoms. The highest BCUT2D eigenvalue weighted by molar-refractivity contribution is 7.91. The number of thiazole rings is 1. The van der Waals surface area contributed by atoms with Gasteiger partial charge in [0.15, 0.2) is 0 Å². The second-order valence-corrected chi connectivity index (χ2v) is 19.7. The van der Waals surface area contributed by atoms with Gasteiger partial charge in [-0.3, -0.25) is 24.1 Å². The smallest absolute Gasteiger partial charge is 0.427 e. The third-order valence-electron chi connectivity index (χ3n) is 11.4. The van der Waals surface area contributed by atoms with E-state index in [-0.39, 0.29) is 29.6 Å². The first-order valence-corrected chi connectivity index (χ1v) is 21.4. The summed E-state index contributed by atoms with van der Waals surface area (Å²) in [5.41, 5.74) is -3.16. The van der Waals surface area contributed by atoms with Crippen LogP contribution < -0.4 is 20.1 Å². The number of nitrogens with zero attached hydrogens (tertiary/aromatic N) is 3. The van der Waals surface area contributed by atoms with E-state index >= 15 is 0 Å². The number of alkyl halides is 3. The first kappa shape index (κ1) is 42.3. The van der Waals surface area contributed by atoms with Crippen LogP contribution in [0.4, 0.5) is 18.0 Å². The zero-order valence-electron chi connectivity index (χ0n) is 32.6. The number of amides is 4. The van der Waals surface area contributed by atoms with Crippen molar-refractivity contribution in [3.8, 4) is 16.5 Å². The Bertz CT molecular complexity index is 2050. The Morgan fingerprint density at radius 3 is 2.53 bits per heavy atom. The molecule has 6 rings (SSSR count). The van der Waals surface area contributed by atoms with Gasteiger partial charge in [0.05, 0.1) is 11.3 Å². The number of aryl methyl sites for hydroxylation is 1. The number of nitrogens with one attached hydrogen (secondary N) is 3. The second kappa shape index (κ2) is 15.5. The number of ether oxygens (including phenoxy) is 2. The number of rotatable bonds is 8. The van der Waals surface area contributed by atoms with E-state index in [1.54, 1.807) is 25.1 Å². The highest BCUT2D eigenvalue weighted by Gasteiger charge is 2.63. The molecule has 3 fully saturated rings. The summed E-state index contributed by atoms with van der Waals surface area (Å²) >= 11 is 1.39. The van der Waals surface area contributed by atoms with E-state index in [1.165, 1.54) is 29.4 Å². The van der Waals surface area contributed by atoms with Gasteiger partial charge in [-0.05, 0) is 84.1 Å². The molecule has 2 aliphatic heterocycles. The molecule has 4 amide bonds. The van der Waals surface area contributed by atoms with Crippen LogP contribution in [-0.4, -0.2) is 93.9 Å². The Kier molecular flexibility index (Phi) is 11.5. The molecule has 0 unspecified atom stereocenters. The van der Waals surface area contributed by atoms with Crippen molar-refractivity contribution in [3.63, 3.8) is 0 Å². The maximum atomic E-state index is 14.7. The van der Waals surface area contributed by atoms with Crippen molar-refractivity contribution in [1.29, 1.82) is 0 Å². The largest absolute Gasteiger partial charge is 0.488 e. The minimum atomic E-state index is -4.91. The molecule has 4 aliphatic rings. The predicted molar refractivity (Wildman–Crippen MR) is 209 cm³/mol. The lowest BCUT2D eigenvalue weighted by Gasteiger charge is -2.34. The normalized spacial score (nSPS) is 29.7. The standard InChI is InChI=1S/C38H49F3N6O8S2.3H2/c1-21-9-7-8-10-24-18-37(24,33(50)46-57(52,53)36(6)12-13-36)45-30(48)28-17-26(54-25-11-14-42-27(16-25)31-43-23(3)20-56-31)19-47(28)32(49)29(22(2)15-21)44-34(51)55-35(4,5)38(39,40)41;;;/h8,10-11,14,16,20-22,24,26,28-29H,7,9,12-13,15,17-19H2,1-6H3,(H,44,51)(H,45,48)(H,46,50);3*1H/b10-8-;;;/t21-,22-,24-,26-,28+,29+,37-;;;/m1.../s1. The Labute approximate surface area is 338 Å². The number of sulfonamides is 1. The number of alkyl carbamates (subject to hydrolysis) is 1. The molecule has 0 spiro atoms. The van der Waals surface area contributed by atoms with Crippen molar-refractivity contribution in [3.05, 3.63) is 41.6 Å². The minimum absolute atomic E-state index is 0. The molecule has 2 aliphatic carbocycles. The van der Waals surface area contributed by atoms with Gasteiger partial charge in [0, 0.05) is 40.0 Å². The summed E-state index contributed by atoms with van der Waals surface area (Å²) in [4.78, 5) is 66.1. The third kappa shape index (κ3) is 9.08. The van der Waals surface area contributed by atoms with Gasteiger partial charge in [-0.15, -0.1) is 11.3 Å². The number of carbonyl (C=O) groups excluding carboxylic acids is 4. The highest BCUT2D eigenvalue weighted by Crippen LogP contribution is 2.47. The molecule has 7 atom stereocenters. The zero-order valence-corrected chi connectivity index (χ0v) is 34.3. The monoisotopic (exact) mass is 844 g/mol. The van der Waals surface area contributed by atoms with Crippen LogP contribution in [0.25, 0.3) is 10.7 Å². The number of pyridine rings is 1. The van der Waals surface area contributed by atoms with Gasteiger partial charge in [0.1, 0.15) is 40.2 Å². The predicted octanol–water partition coefficient (Wildman–Crippen LogP) is 5.92. The first-order valence-electron chi connectivity index (χ1n) is 19.0. The zero-order chi connectivity index (χ0) is 41.7. The summed E-state index contributed by atoms with van der Waals surface area (Å²) in [6.45, 7) is 8.23. The van der Waals surface area contributed by atoms with Crippen LogP contribution in [0.15, 0.2) is 35.9 Å². The molecular formula is C38H55F3N6O8S2. The number of fused-ring (bicyclic) bond motifs is 2. The van der Waals surface area contributed by atoms with Gasteiger partial charge in [0.2, 0.25) is 27.4 Å². The molecule has 1 saturated heterocycles. The van der Waals surface area contributed by atoms with E-state index in [0.29, 0.717) is 62.4 Å². The Morgan fingerprint density at radius 1 is 1.16 bits per heavy atom. The summed E-state index contributed by atoms with van der Waals surface area (Å²) in [5, 5.41) is 7.70. The number of hydrogen-bond donors (Lipinski definition) is 3. The average molecular weight is 845 g/mol. The molecule has 4 heterocycles. The fraction of sp³-hybridized carbons (Fsp3) is 0.632. The van der Waals surface area contributed by atoms with Gasteiger partial charge in [-0.2, -0.15) is 13.2 Å². The van der Waals surface area contributed by atoms with Crippen LogP contribution in [0, 0.1) is 24.7 Å². The van der Waals surface area contributed by atoms with Gasteiger partial charge in [-0.1, -0.05) is 26.0 Å². The van der Waals surface area contributed by atoms with Gasteiger partial charge in [0.25, 0.3) is 5.91 Å².